The molecule has 5 nitrogen and oxygen atoms in total. The van der Waals surface area contributed by atoms with Gasteiger partial charge in [0.1, 0.15) is 9.84 Å². The number of carbonyl (C=O) groups is 1. The van der Waals surface area contributed by atoms with E-state index in [1.54, 1.807) is 4.90 Å². The maximum absolute atomic E-state index is 12.2. The van der Waals surface area contributed by atoms with Gasteiger partial charge in [0.25, 0.3) is 0 Å². The smallest absolute Gasteiger partial charge is 0.317 e. The average Bonchev–Trinajstić information content (AvgIpc) is 2.28. The fourth-order valence-electron chi connectivity index (χ4n) is 2.36. The van der Waals surface area contributed by atoms with Crippen LogP contribution in [0.25, 0.3) is 0 Å². The minimum absolute atomic E-state index is 0.00494. The molecular formula is C13H26N2O3S. The van der Waals surface area contributed by atoms with Crippen molar-refractivity contribution in [2.24, 2.45) is 0 Å². The molecule has 1 aliphatic rings. The molecule has 0 aliphatic heterocycles. The molecule has 112 valence electrons. The first-order valence-electron chi connectivity index (χ1n) is 7.04. The molecule has 1 N–H and O–H groups in total. The van der Waals surface area contributed by atoms with E-state index in [1.807, 2.05) is 13.8 Å². The molecule has 0 aromatic rings. The van der Waals surface area contributed by atoms with Crippen molar-refractivity contribution in [3.05, 3.63) is 0 Å². The van der Waals surface area contributed by atoms with Gasteiger partial charge >= 0.3 is 6.03 Å². The second-order valence-electron chi connectivity index (χ2n) is 5.70. The van der Waals surface area contributed by atoms with E-state index in [0.717, 1.165) is 25.7 Å². The van der Waals surface area contributed by atoms with Crippen LogP contribution < -0.4 is 5.32 Å². The molecule has 0 spiro atoms. The van der Waals surface area contributed by atoms with Crippen molar-refractivity contribution in [3.63, 3.8) is 0 Å². The fourth-order valence-corrected chi connectivity index (χ4v) is 2.89. The first-order chi connectivity index (χ1) is 8.79. The van der Waals surface area contributed by atoms with E-state index in [4.69, 9.17) is 0 Å². The van der Waals surface area contributed by atoms with E-state index in [2.05, 4.69) is 5.32 Å². The summed E-state index contributed by atoms with van der Waals surface area (Å²) >= 11 is 0. The van der Waals surface area contributed by atoms with Crippen LogP contribution in [0.1, 0.15) is 46.0 Å². The zero-order valence-electron chi connectivity index (χ0n) is 12.2. The lowest BCUT2D eigenvalue weighted by atomic mass is 9.96. The Morgan fingerprint density at radius 1 is 1.26 bits per heavy atom. The molecule has 0 aromatic heterocycles. The van der Waals surface area contributed by atoms with Crippen molar-refractivity contribution in [1.82, 2.24) is 10.2 Å². The summed E-state index contributed by atoms with van der Waals surface area (Å²) in [7, 11) is -3.04. The lowest BCUT2D eigenvalue weighted by Gasteiger charge is -2.30. The van der Waals surface area contributed by atoms with Crippen LogP contribution in [0, 0.1) is 0 Å². The van der Waals surface area contributed by atoms with E-state index in [1.165, 1.54) is 12.7 Å². The first kappa shape index (κ1) is 16.3. The summed E-state index contributed by atoms with van der Waals surface area (Å²) in [6.45, 7) is 4.07. The Balaban J connectivity index is 2.52. The molecule has 0 unspecified atom stereocenters. The SMILES string of the molecule is CC(C)N(CCS(C)(=O)=O)C(=O)NC1CCCCC1. The monoisotopic (exact) mass is 290 g/mol. The Morgan fingerprint density at radius 2 is 1.84 bits per heavy atom. The molecule has 6 heteroatoms. The molecule has 2 amide bonds. The van der Waals surface area contributed by atoms with Crippen LogP contribution in [-0.4, -0.2) is 50.0 Å². The van der Waals surface area contributed by atoms with E-state index in [-0.39, 0.29) is 30.4 Å². The lowest BCUT2D eigenvalue weighted by Crippen LogP contribution is -2.49. The molecule has 0 heterocycles. The van der Waals surface area contributed by atoms with Gasteiger partial charge in [0.2, 0.25) is 0 Å². The zero-order valence-corrected chi connectivity index (χ0v) is 13.0. The topological polar surface area (TPSA) is 66.5 Å². The van der Waals surface area contributed by atoms with Gasteiger partial charge in [-0.15, -0.1) is 0 Å². The van der Waals surface area contributed by atoms with Gasteiger partial charge in [-0.2, -0.15) is 0 Å². The quantitative estimate of drug-likeness (QED) is 0.839. The standard InChI is InChI=1S/C13H26N2O3S/c1-11(2)15(9-10-19(3,17)18)13(16)14-12-7-5-4-6-8-12/h11-12H,4-10H2,1-3H3,(H,14,16). The normalized spacial score (nSPS) is 17.5. The van der Waals surface area contributed by atoms with Gasteiger partial charge in [-0.1, -0.05) is 19.3 Å². The molecule has 1 rings (SSSR count). The number of nitrogens with zero attached hydrogens (tertiary/aromatic N) is 1. The van der Waals surface area contributed by atoms with Crippen molar-refractivity contribution >= 4 is 15.9 Å². The van der Waals surface area contributed by atoms with Gasteiger partial charge in [-0.25, -0.2) is 13.2 Å². The molecule has 0 atom stereocenters. The second kappa shape index (κ2) is 7.12. The summed E-state index contributed by atoms with van der Waals surface area (Å²) in [4.78, 5) is 13.8. The van der Waals surface area contributed by atoms with Crippen LogP contribution in [0.15, 0.2) is 0 Å². The van der Waals surface area contributed by atoms with Crippen molar-refractivity contribution in [3.8, 4) is 0 Å². The summed E-state index contributed by atoms with van der Waals surface area (Å²) in [5.41, 5.74) is 0. The molecule has 0 aromatic carbocycles. The van der Waals surface area contributed by atoms with Crippen LogP contribution in [0.3, 0.4) is 0 Å². The minimum atomic E-state index is -3.04. The summed E-state index contributed by atoms with van der Waals surface area (Å²) in [6.07, 6.45) is 6.83. The Bertz CT molecular complexity index is 387. The van der Waals surface area contributed by atoms with Crippen molar-refractivity contribution < 1.29 is 13.2 Å². The van der Waals surface area contributed by atoms with E-state index in [0.29, 0.717) is 0 Å². The van der Waals surface area contributed by atoms with Crippen LogP contribution >= 0.6 is 0 Å². The number of rotatable bonds is 5. The number of hydrogen-bond acceptors (Lipinski definition) is 3. The molecule has 1 aliphatic carbocycles. The Labute approximate surface area is 116 Å². The largest absolute Gasteiger partial charge is 0.335 e. The fraction of sp³-hybridized carbons (Fsp3) is 0.923. The van der Waals surface area contributed by atoms with Gasteiger partial charge in [-0.05, 0) is 26.7 Å². The predicted octanol–water partition coefficient (Wildman–Crippen LogP) is 1.78. The van der Waals surface area contributed by atoms with Gasteiger partial charge in [0.05, 0.1) is 5.75 Å². The van der Waals surface area contributed by atoms with Crippen LogP contribution in [-0.2, 0) is 9.84 Å². The summed E-state index contributed by atoms with van der Waals surface area (Å²) in [6, 6.07) is 0.122. The van der Waals surface area contributed by atoms with Gasteiger partial charge in [0, 0.05) is 24.9 Å². The number of urea groups is 1. The third-order valence-electron chi connectivity index (χ3n) is 3.52. The highest BCUT2D eigenvalue weighted by molar-refractivity contribution is 7.90. The first-order valence-corrected chi connectivity index (χ1v) is 9.10. The van der Waals surface area contributed by atoms with Gasteiger partial charge < -0.3 is 10.2 Å². The lowest BCUT2D eigenvalue weighted by molar-refractivity contribution is 0.180. The molecular weight excluding hydrogens is 264 g/mol. The highest BCUT2D eigenvalue weighted by Crippen LogP contribution is 2.17. The number of amides is 2. The molecule has 19 heavy (non-hydrogen) atoms. The van der Waals surface area contributed by atoms with E-state index in [9.17, 15) is 13.2 Å². The molecule has 1 saturated carbocycles. The van der Waals surface area contributed by atoms with Crippen LogP contribution in [0.2, 0.25) is 0 Å². The minimum Gasteiger partial charge on any atom is -0.335 e. The maximum Gasteiger partial charge on any atom is 0.317 e. The summed E-state index contributed by atoms with van der Waals surface area (Å²) in [5.74, 6) is 0.0171. The number of nitrogens with one attached hydrogen (secondary N) is 1. The van der Waals surface area contributed by atoms with Crippen LogP contribution in [0.5, 0.6) is 0 Å². The highest BCUT2D eigenvalue weighted by atomic mass is 32.2. The van der Waals surface area contributed by atoms with Crippen LogP contribution in [0.4, 0.5) is 4.79 Å². The van der Waals surface area contributed by atoms with Crippen molar-refractivity contribution in [2.75, 3.05) is 18.6 Å². The number of carbonyl (C=O) groups excluding carboxylic acids is 1. The van der Waals surface area contributed by atoms with Gasteiger partial charge in [-0.3, -0.25) is 0 Å². The highest BCUT2D eigenvalue weighted by Gasteiger charge is 2.22. The van der Waals surface area contributed by atoms with Crippen molar-refractivity contribution in [2.45, 2.75) is 58.0 Å². The van der Waals surface area contributed by atoms with Crippen molar-refractivity contribution in [1.29, 1.82) is 0 Å². The molecule has 0 radical (unpaired) electrons. The third-order valence-corrected chi connectivity index (χ3v) is 4.44. The van der Waals surface area contributed by atoms with E-state index < -0.39 is 9.84 Å². The average molecular weight is 290 g/mol. The number of hydrogen-bond donors (Lipinski definition) is 1. The maximum atomic E-state index is 12.2. The van der Waals surface area contributed by atoms with E-state index >= 15 is 0 Å². The second-order valence-corrected chi connectivity index (χ2v) is 7.96. The molecule has 0 saturated heterocycles. The van der Waals surface area contributed by atoms with Gasteiger partial charge in [0.15, 0.2) is 0 Å². The predicted molar refractivity (Wildman–Crippen MR) is 77.0 cm³/mol. The molecule has 0 bridgehead atoms. The Kier molecular flexibility index (Phi) is 6.10. The summed E-state index contributed by atoms with van der Waals surface area (Å²) < 4.78 is 22.4. The third kappa shape index (κ3) is 6.27. The number of sulfone groups is 1. The zero-order chi connectivity index (χ0) is 14.5. The summed E-state index contributed by atoms with van der Waals surface area (Å²) in [5, 5.41) is 3.03. The Morgan fingerprint density at radius 3 is 2.32 bits per heavy atom. The Hall–Kier alpha value is -0.780. The molecule has 1 fully saturated rings.